The van der Waals surface area contributed by atoms with Crippen LogP contribution in [0.1, 0.15) is 25.7 Å². The summed E-state index contributed by atoms with van der Waals surface area (Å²) >= 11 is 0. The Morgan fingerprint density at radius 1 is 1.09 bits per heavy atom. The highest BCUT2D eigenvalue weighted by Crippen LogP contribution is 3.02. The molecule has 3 aromatic rings. The summed E-state index contributed by atoms with van der Waals surface area (Å²) in [6.07, 6.45) is 2.69. The molecule has 32 heavy (non-hydrogen) atoms. The smallest absolute Gasteiger partial charge is 0.310 e. The fraction of sp³-hybridized carbons (Fsp3) is 0.263. The van der Waals surface area contributed by atoms with Crippen LogP contribution in [0.25, 0.3) is 11.5 Å². The summed E-state index contributed by atoms with van der Waals surface area (Å²) in [5.74, 6) is 0.0899. The predicted octanol–water partition coefficient (Wildman–Crippen LogP) is 5.70. The lowest BCUT2D eigenvalue weighted by Crippen LogP contribution is -2.47. The molecule has 0 radical (unpaired) electrons. The molecule has 1 aromatic carbocycles. The zero-order chi connectivity index (χ0) is 23.3. The lowest BCUT2D eigenvalue weighted by molar-refractivity contribution is -0.128. The standard InChI is InChI=1S/C19H18F5N5O2S/c1-19(9-3-11-26-17(19)30)18-29-28-16(31-18)14-4-2-10-25-15(14)27-12-5-7-13(8-6-12)32(20,21,22,23)24/h2,4-8,10H,3,9,11H2,1H3,(H,25,27)(H,26,30)/t19-/m0/s1. The number of anilines is 2. The van der Waals surface area contributed by atoms with E-state index >= 15 is 0 Å². The van der Waals surface area contributed by atoms with E-state index in [0.717, 1.165) is 18.6 Å². The highest BCUT2D eigenvalue weighted by atomic mass is 32.5. The second-order valence-electron chi connectivity index (χ2n) is 7.62. The maximum absolute atomic E-state index is 12.9. The largest absolute Gasteiger partial charge is 0.419 e. The average molecular weight is 475 g/mol. The number of aromatic nitrogens is 3. The highest BCUT2D eigenvalue weighted by Gasteiger charge is 2.65. The van der Waals surface area contributed by atoms with Gasteiger partial charge in [-0.15, -0.1) is 10.2 Å². The van der Waals surface area contributed by atoms with E-state index in [1.807, 2.05) is 0 Å². The summed E-state index contributed by atoms with van der Waals surface area (Å²) in [6.45, 7) is 2.26. The van der Waals surface area contributed by atoms with Gasteiger partial charge in [-0.3, -0.25) is 4.79 Å². The molecule has 172 valence electrons. The molecule has 0 aliphatic carbocycles. The molecule has 0 spiro atoms. The van der Waals surface area contributed by atoms with Gasteiger partial charge in [0.1, 0.15) is 16.1 Å². The number of carbonyl (C=O) groups excluding carboxylic acids is 1. The van der Waals surface area contributed by atoms with Gasteiger partial charge >= 0.3 is 10.2 Å². The lowest BCUT2D eigenvalue weighted by Gasteiger charge is -2.40. The van der Waals surface area contributed by atoms with Crippen LogP contribution in [-0.2, 0) is 10.2 Å². The summed E-state index contributed by atoms with van der Waals surface area (Å²) < 4.78 is 70.3. The molecule has 2 aromatic heterocycles. The second kappa shape index (κ2) is 6.64. The average Bonchev–Trinajstić information content (AvgIpc) is 3.20. The third kappa shape index (κ3) is 4.24. The van der Waals surface area contributed by atoms with Crippen molar-refractivity contribution in [3.05, 3.63) is 48.5 Å². The van der Waals surface area contributed by atoms with Crippen LogP contribution in [0.4, 0.5) is 30.9 Å². The van der Waals surface area contributed by atoms with E-state index in [4.69, 9.17) is 4.42 Å². The Hall–Kier alpha value is -3.22. The zero-order valence-corrected chi connectivity index (χ0v) is 17.4. The molecule has 2 N–H and O–H groups in total. The van der Waals surface area contributed by atoms with Gasteiger partial charge in [-0.1, -0.05) is 19.4 Å². The summed E-state index contributed by atoms with van der Waals surface area (Å²) in [5, 5.41) is 13.5. The van der Waals surface area contributed by atoms with Crippen LogP contribution in [0.5, 0.6) is 0 Å². The molecule has 1 amide bonds. The number of nitrogens with one attached hydrogen (secondary N) is 2. The SMILES string of the molecule is C[C@]1(c2nnc(-c3cccnc3Nc3ccc(S(F)(F)(F)(F)F)cc3)o2)CCCNC1=O. The van der Waals surface area contributed by atoms with Gasteiger partial charge in [0, 0.05) is 18.4 Å². The fourth-order valence-corrected chi connectivity index (χ4v) is 3.97. The maximum Gasteiger partial charge on any atom is 0.310 e. The quantitative estimate of drug-likeness (QED) is 0.460. The number of rotatable bonds is 5. The van der Waals surface area contributed by atoms with E-state index in [0.29, 0.717) is 30.7 Å². The van der Waals surface area contributed by atoms with Crippen LogP contribution in [0.15, 0.2) is 51.9 Å². The van der Waals surface area contributed by atoms with Gasteiger partial charge in [-0.05, 0) is 56.2 Å². The first-order valence-electron chi connectivity index (χ1n) is 9.45. The predicted molar refractivity (Wildman–Crippen MR) is 108 cm³/mol. The monoisotopic (exact) mass is 475 g/mol. The van der Waals surface area contributed by atoms with Crippen molar-refractivity contribution < 1.29 is 28.6 Å². The van der Waals surface area contributed by atoms with Crippen LogP contribution >= 0.6 is 10.2 Å². The van der Waals surface area contributed by atoms with Gasteiger partial charge < -0.3 is 15.1 Å². The number of carbonyl (C=O) groups is 1. The lowest BCUT2D eigenvalue weighted by atomic mass is 9.82. The second-order valence-corrected chi connectivity index (χ2v) is 10.0. The molecule has 1 aliphatic heterocycles. The van der Waals surface area contributed by atoms with E-state index in [2.05, 4.69) is 25.8 Å². The molecule has 0 unspecified atom stereocenters. The van der Waals surface area contributed by atoms with Crippen molar-refractivity contribution >= 4 is 27.6 Å². The van der Waals surface area contributed by atoms with E-state index in [1.54, 1.807) is 19.1 Å². The minimum absolute atomic E-state index is 0.0406. The van der Waals surface area contributed by atoms with E-state index in [9.17, 15) is 24.2 Å². The van der Waals surface area contributed by atoms with E-state index in [-0.39, 0.29) is 29.2 Å². The van der Waals surface area contributed by atoms with Crippen molar-refractivity contribution in [1.29, 1.82) is 0 Å². The number of amides is 1. The number of benzene rings is 1. The molecule has 1 aliphatic rings. The van der Waals surface area contributed by atoms with Crippen LogP contribution < -0.4 is 10.6 Å². The van der Waals surface area contributed by atoms with Gasteiger partial charge in [0.05, 0.1) is 5.56 Å². The van der Waals surface area contributed by atoms with Gasteiger partial charge in [0.15, 0.2) is 0 Å². The van der Waals surface area contributed by atoms with Gasteiger partial charge in [-0.25, -0.2) is 4.98 Å². The Kier molecular flexibility index (Phi) is 4.56. The zero-order valence-electron chi connectivity index (χ0n) is 16.6. The van der Waals surface area contributed by atoms with Crippen molar-refractivity contribution in [3.8, 4) is 11.5 Å². The number of piperidine rings is 1. The molecule has 4 rings (SSSR count). The third-order valence-corrected chi connectivity index (χ3v) is 6.30. The minimum atomic E-state index is -9.76. The van der Waals surface area contributed by atoms with Crippen LogP contribution in [0, 0.1) is 0 Å². The number of pyridine rings is 1. The summed E-state index contributed by atoms with van der Waals surface area (Å²) in [6, 6.07) is 5.52. The van der Waals surface area contributed by atoms with Gasteiger partial charge in [-0.2, -0.15) is 0 Å². The molecule has 7 nitrogen and oxygen atoms in total. The molecule has 0 bridgehead atoms. The number of nitrogens with zero attached hydrogens (tertiary/aromatic N) is 3. The van der Waals surface area contributed by atoms with Gasteiger partial charge in [0.2, 0.25) is 11.8 Å². The highest BCUT2D eigenvalue weighted by molar-refractivity contribution is 8.45. The first-order valence-corrected chi connectivity index (χ1v) is 11.4. The summed E-state index contributed by atoms with van der Waals surface area (Å²) in [5.41, 5.74) is -0.572. The first kappa shape index (κ1) is 22.0. The molecular formula is C19H18F5N5O2S. The Bertz CT molecular complexity index is 1180. The Balaban J connectivity index is 1.63. The molecule has 3 heterocycles. The van der Waals surface area contributed by atoms with Crippen LogP contribution in [-0.4, -0.2) is 27.6 Å². The fourth-order valence-electron chi connectivity index (χ4n) is 3.32. The first-order chi connectivity index (χ1) is 14.8. The molecular weight excluding hydrogens is 457 g/mol. The van der Waals surface area contributed by atoms with Crippen molar-refractivity contribution in [2.45, 2.75) is 30.1 Å². The van der Waals surface area contributed by atoms with Crippen molar-refractivity contribution in [2.75, 3.05) is 11.9 Å². The Morgan fingerprint density at radius 2 is 1.81 bits per heavy atom. The maximum atomic E-state index is 12.9. The summed E-state index contributed by atoms with van der Waals surface area (Å²) in [7, 11) is -9.76. The molecule has 1 atom stereocenters. The minimum Gasteiger partial charge on any atom is -0.419 e. The Labute approximate surface area is 179 Å². The van der Waals surface area contributed by atoms with Crippen molar-refractivity contribution in [3.63, 3.8) is 0 Å². The van der Waals surface area contributed by atoms with Crippen LogP contribution in [0.2, 0.25) is 0 Å². The molecule has 0 saturated carbocycles. The Morgan fingerprint density at radius 3 is 2.47 bits per heavy atom. The van der Waals surface area contributed by atoms with Crippen molar-refractivity contribution in [2.24, 2.45) is 0 Å². The van der Waals surface area contributed by atoms with Crippen molar-refractivity contribution in [1.82, 2.24) is 20.5 Å². The van der Waals surface area contributed by atoms with Gasteiger partial charge in [0.25, 0.3) is 5.89 Å². The molecule has 1 fully saturated rings. The number of halogens is 5. The third-order valence-electron chi connectivity index (χ3n) is 5.14. The number of hydrogen-bond donors (Lipinski definition) is 2. The van der Waals surface area contributed by atoms with E-state index < -0.39 is 20.5 Å². The molecule has 13 heteroatoms. The van der Waals surface area contributed by atoms with E-state index in [1.165, 1.54) is 6.20 Å². The summed E-state index contributed by atoms with van der Waals surface area (Å²) in [4.78, 5) is 14.5. The number of hydrogen-bond acceptors (Lipinski definition) is 6. The topological polar surface area (TPSA) is 92.9 Å². The van der Waals surface area contributed by atoms with Crippen LogP contribution in [0.3, 0.4) is 0 Å². The molecule has 1 saturated heterocycles. The normalized spacial score (nSPS) is 21.4.